The highest BCUT2D eigenvalue weighted by Crippen LogP contribution is 2.41. The van der Waals surface area contributed by atoms with E-state index in [1.54, 1.807) is 7.05 Å². The van der Waals surface area contributed by atoms with Crippen LogP contribution < -0.4 is 16.0 Å². The number of allylic oxidation sites excluding steroid dienone is 10. The lowest BCUT2D eigenvalue weighted by atomic mass is 9.91. The zero-order valence-electron chi connectivity index (χ0n) is 41.1. The highest BCUT2D eigenvalue weighted by molar-refractivity contribution is 6.34. The molecule has 1 aliphatic carbocycles. The van der Waals surface area contributed by atoms with Crippen LogP contribution >= 0.6 is 0 Å². The lowest BCUT2D eigenvalue weighted by Gasteiger charge is -2.14. The molecule has 5 heterocycles. The third kappa shape index (κ3) is 9.43. The van der Waals surface area contributed by atoms with E-state index in [9.17, 15) is 0 Å². The van der Waals surface area contributed by atoms with Crippen molar-refractivity contribution in [2.45, 2.75) is 20.3 Å². The fourth-order valence-electron chi connectivity index (χ4n) is 9.99. The first-order valence-electron chi connectivity index (χ1n) is 24.7. The molecule has 0 unspecified atom stereocenters. The maximum atomic E-state index is 5.51. The maximum Gasteiger partial charge on any atom is 0.233 e. The second-order valence-corrected chi connectivity index (χ2v) is 18.5. The van der Waals surface area contributed by atoms with Crippen LogP contribution in [0, 0.1) is 13.8 Å². The van der Waals surface area contributed by atoms with Crippen LogP contribution in [0.15, 0.2) is 244 Å². The van der Waals surface area contributed by atoms with Gasteiger partial charge in [-0.3, -0.25) is 4.99 Å². The number of H-pyrrole nitrogens is 1. The van der Waals surface area contributed by atoms with E-state index in [1.165, 1.54) is 11.1 Å². The van der Waals surface area contributed by atoms with Crippen LogP contribution in [0.2, 0.25) is 0 Å². The van der Waals surface area contributed by atoms with Crippen molar-refractivity contribution in [2.75, 3.05) is 23.0 Å². The number of rotatable bonds is 11. The van der Waals surface area contributed by atoms with E-state index >= 15 is 0 Å². The fraction of sp³-hybridized carbons (Fsp3) is 0.0625. The van der Waals surface area contributed by atoms with Crippen molar-refractivity contribution in [2.24, 2.45) is 15.0 Å². The summed E-state index contributed by atoms with van der Waals surface area (Å²) < 4.78 is 0. The molecule has 0 spiro atoms. The zero-order valence-corrected chi connectivity index (χ0v) is 41.1. The number of aliphatic imine (C=N–C) groups is 3. The SMILES string of the molecule is CNc1nc(Nc2cc(C)cc(C)c2)nc(Nc2cccc(C=Nc3ccc(C4=C5C=CC(=N5)C(c5ccccc5)=C5C=CC(=C(c6ccccc6)C6=NC(=C(c7ccccc7)c7ccc4[nH]7)C=C6)C5)cc3)c2)n1. The van der Waals surface area contributed by atoms with Crippen molar-refractivity contribution in [1.29, 1.82) is 0 Å². The number of aryl methyl sites for hydroxylation is 2. The Kier molecular flexibility index (Phi) is 12.1. The predicted octanol–water partition coefficient (Wildman–Crippen LogP) is 14.5. The van der Waals surface area contributed by atoms with E-state index in [-0.39, 0.29) is 0 Å². The minimum Gasteiger partial charge on any atom is -0.357 e. The van der Waals surface area contributed by atoms with Crippen LogP contribution in [0.1, 0.15) is 56.8 Å². The molecule has 0 saturated heterocycles. The van der Waals surface area contributed by atoms with Gasteiger partial charge in [-0.05, 0) is 143 Å². The monoisotopic (exact) mass is 958 g/mol. The Labute approximate surface area is 430 Å². The Hall–Kier alpha value is -9.80. The molecule has 0 atom stereocenters. The summed E-state index contributed by atoms with van der Waals surface area (Å²) in [5.41, 5.74) is 22.2. The predicted molar refractivity (Wildman–Crippen MR) is 305 cm³/mol. The van der Waals surface area contributed by atoms with Gasteiger partial charge in [-0.25, -0.2) is 9.98 Å². The molecule has 4 aliphatic rings. The third-order valence-electron chi connectivity index (χ3n) is 13.2. The first kappa shape index (κ1) is 45.3. The molecule has 3 aliphatic heterocycles. The molecule has 0 radical (unpaired) electrons. The van der Waals surface area contributed by atoms with Crippen LogP contribution in [0.4, 0.5) is 34.9 Å². The van der Waals surface area contributed by atoms with Crippen LogP contribution in [-0.2, 0) is 0 Å². The number of fused-ring (bicyclic) bond motifs is 6. The van der Waals surface area contributed by atoms with Gasteiger partial charge in [-0.15, -0.1) is 0 Å². The quantitative estimate of drug-likeness (QED) is 0.0956. The van der Waals surface area contributed by atoms with E-state index in [2.05, 4.69) is 232 Å². The molecule has 0 saturated carbocycles. The minimum atomic E-state index is 0.403. The van der Waals surface area contributed by atoms with E-state index in [4.69, 9.17) is 15.0 Å². The van der Waals surface area contributed by atoms with Crippen molar-refractivity contribution in [3.8, 4) is 0 Å². The second-order valence-electron chi connectivity index (χ2n) is 18.5. The van der Waals surface area contributed by atoms with Crippen molar-refractivity contribution >= 4 is 74.8 Å². The lowest BCUT2D eigenvalue weighted by Crippen LogP contribution is -2.07. The van der Waals surface area contributed by atoms with Gasteiger partial charge in [-0.2, -0.15) is 15.0 Å². The Bertz CT molecular complexity index is 3800. The largest absolute Gasteiger partial charge is 0.357 e. The van der Waals surface area contributed by atoms with Crippen LogP contribution in [0.3, 0.4) is 0 Å². The van der Waals surface area contributed by atoms with Gasteiger partial charge in [0, 0.05) is 58.3 Å². The van der Waals surface area contributed by atoms with Crippen molar-refractivity contribution in [1.82, 2.24) is 19.9 Å². The van der Waals surface area contributed by atoms with Gasteiger partial charge >= 0.3 is 0 Å². The average molecular weight is 959 g/mol. The summed E-state index contributed by atoms with van der Waals surface area (Å²) >= 11 is 0. The van der Waals surface area contributed by atoms with E-state index in [1.807, 2.05) is 30.5 Å². The number of benzene rings is 6. The van der Waals surface area contributed by atoms with Crippen molar-refractivity contribution in [3.63, 3.8) is 0 Å². The average Bonchev–Trinajstić information content (AvgIpc) is 4.28. The van der Waals surface area contributed by atoms with Crippen molar-refractivity contribution < 1.29 is 0 Å². The van der Waals surface area contributed by atoms with E-state index in [0.717, 1.165) is 119 Å². The molecule has 2 aromatic heterocycles. The van der Waals surface area contributed by atoms with E-state index in [0.29, 0.717) is 17.8 Å². The topological polar surface area (TPSA) is 128 Å². The number of nitrogens with one attached hydrogen (secondary N) is 4. The first-order valence-corrected chi connectivity index (χ1v) is 24.7. The fourth-order valence-corrected chi connectivity index (χ4v) is 9.99. The normalized spacial score (nSPS) is 14.9. The summed E-state index contributed by atoms with van der Waals surface area (Å²) in [4.78, 5) is 33.5. The number of hydrogen-bond donors (Lipinski definition) is 4. The van der Waals surface area contributed by atoms with Crippen LogP contribution in [0.5, 0.6) is 0 Å². The molecule has 8 bridgehead atoms. The highest BCUT2D eigenvalue weighted by atomic mass is 15.3. The molecule has 12 rings (SSSR count). The highest BCUT2D eigenvalue weighted by Gasteiger charge is 2.27. The number of aromatic nitrogens is 4. The van der Waals surface area contributed by atoms with Gasteiger partial charge in [0.2, 0.25) is 17.8 Å². The molecule has 10 nitrogen and oxygen atoms in total. The molecule has 74 heavy (non-hydrogen) atoms. The Morgan fingerprint density at radius 1 is 0.459 bits per heavy atom. The number of nitrogens with zero attached hydrogens (tertiary/aromatic N) is 6. The van der Waals surface area contributed by atoms with Gasteiger partial charge in [-0.1, -0.05) is 133 Å². The van der Waals surface area contributed by atoms with Gasteiger partial charge in [0.15, 0.2) is 0 Å². The Morgan fingerprint density at radius 3 is 1.50 bits per heavy atom. The molecular formula is C64H50N10. The molecule has 0 fully saturated rings. The van der Waals surface area contributed by atoms with Gasteiger partial charge in [0.1, 0.15) is 0 Å². The van der Waals surface area contributed by atoms with Crippen molar-refractivity contribution in [3.05, 3.63) is 279 Å². The molecule has 356 valence electrons. The number of anilines is 5. The van der Waals surface area contributed by atoms with Gasteiger partial charge in [0.05, 0.1) is 28.5 Å². The number of aromatic amines is 1. The first-order chi connectivity index (χ1) is 36.4. The standard InChI is InChI=1S/C64H50N10/c1-40-34-41(2)36-51(35-40)68-64-73-62(65-3)72-63(74-64)67-50-21-13-14-42(37-50)39-66-49-26-24-46(25-27-49)61-56-31-29-53(70-56)59(44-17-9-5-10-18-44)48-23-22-47(38-48)58(43-15-7-4-8-16-43)52-28-30-54(69-52)60(45-19-11-6-12-20-45)55-32-33-57(61)71-55/h4-37,39,71H,38H2,1-3H3,(H3,65,67,68,72,73,74). The second kappa shape index (κ2) is 19.8. The summed E-state index contributed by atoms with van der Waals surface area (Å²) in [5, 5.41) is 9.74. The van der Waals surface area contributed by atoms with Gasteiger partial charge < -0.3 is 20.9 Å². The molecule has 6 aromatic carbocycles. The van der Waals surface area contributed by atoms with E-state index < -0.39 is 0 Å². The zero-order chi connectivity index (χ0) is 50.0. The molecule has 10 heteroatoms. The summed E-state index contributed by atoms with van der Waals surface area (Å²) in [6.07, 6.45) is 15.8. The smallest absolute Gasteiger partial charge is 0.233 e. The maximum absolute atomic E-state index is 5.51. The molecule has 8 aromatic rings. The minimum absolute atomic E-state index is 0.403. The Balaban J connectivity index is 0.905. The molecular weight excluding hydrogens is 909 g/mol. The lowest BCUT2D eigenvalue weighted by molar-refractivity contribution is 1.06. The molecule has 4 N–H and O–H groups in total. The summed E-state index contributed by atoms with van der Waals surface area (Å²) in [6, 6.07) is 58.7. The van der Waals surface area contributed by atoms with Crippen LogP contribution in [0.25, 0.3) is 22.3 Å². The summed E-state index contributed by atoms with van der Waals surface area (Å²) in [5.74, 6) is 1.27. The third-order valence-corrected chi connectivity index (χ3v) is 13.2. The van der Waals surface area contributed by atoms with Crippen LogP contribution in [-0.4, -0.2) is 44.6 Å². The number of hydrogen-bond acceptors (Lipinski definition) is 9. The Morgan fingerprint density at radius 2 is 0.959 bits per heavy atom. The molecule has 0 amide bonds. The van der Waals surface area contributed by atoms with Gasteiger partial charge in [0.25, 0.3) is 0 Å². The summed E-state index contributed by atoms with van der Waals surface area (Å²) in [6.45, 7) is 4.13. The summed E-state index contributed by atoms with van der Waals surface area (Å²) in [7, 11) is 1.79.